The molecule has 1 aliphatic rings. The molecule has 0 radical (unpaired) electrons. The Bertz CT molecular complexity index is 879. The van der Waals surface area contributed by atoms with E-state index in [0.717, 1.165) is 0 Å². The molecule has 0 aliphatic carbocycles. The van der Waals surface area contributed by atoms with Crippen molar-refractivity contribution in [3.05, 3.63) is 70.0 Å². The summed E-state index contributed by atoms with van der Waals surface area (Å²) in [5.74, 6) is -0.758. The van der Waals surface area contributed by atoms with Crippen LogP contribution in [0.5, 0.6) is 0 Å². The molecule has 1 aliphatic heterocycles. The summed E-state index contributed by atoms with van der Waals surface area (Å²) in [5.41, 5.74) is 2.34. The van der Waals surface area contributed by atoms with Gasteiger partial charge in [-0.2, -0.15) is 0 Å². The van der Waals surface area contributed by atoms with Gasteiger partial charge in [-0.3, -0.25) is 9.59 Å². The van der Waals surface area contributed by atoms with E-state index in [9.17, 15) is 14.0 Å². The van der Waals surface area contributed by atoms with E-state index in [1.165, 1.54) is 29.3 Å². The molecule has 0 bridgehead atoms. The van der Waals surface area contributed by atoms with E-state index in [4.69, 9.17) is 11.6 Å². The van der Waals surface area contributed by atoms with Crippen LogP contribution in [0.2, 0.25) is 5.02 Å². The Labute approximate surface area is 169 Å². The van der Waals surface area contributed by atoms with Crippen molar-refractivity contribution in [2.75, 3.05) is 26.2 Å². The second-order valence-electron chi connectivity index (χ2n) is 7.26. The number of nitrogens with zero attached hydrogens (tertiary/aromatic N) is 2. The van der Waals surface area contributed by atoms with Gasteiger partial charge in [-0.1, -0.05) is 42.8 Å². The highest BCUT2D eigenvalue weighted by Gasteiger charge is 2.27. The molecule has 1 fully saturated rings. The van der Waals surface area contributed by atoms with E-state index in [-0.39, 0.29) is 23.3 Å². The van der Waals surface area contributed by atoms with Gasteiger partial charge in [-0.05, 0) is 42.2 Å². The third-order valence-electron chi connectivity index (χ3n) is 5.28. The number of hydrogen-bond acceptors (Lipinski definition) is 2. The van der Waals surface area contributed by atoms with Crippen molar-refractivity contribution >= 4 is 23.4 Å². The maximum Gasteiger partial charge on any atom is 0.257 e. The van der Waals surface area contributed by atoms with E-state index in [1.807, 2.05) is 12.1 Å². The van der Waals surface area contributed by atoms with Gasteiger partial charge in [-0.25, -0.2) is 4.39 Å². The molecule has 0 spiro atoms. The average molecular weight is 403 g/mol. The molecule has 1 heterocycles. The monoisotopic (exact) mass is 402 g/mol. The third-order valence-corrected chi connectivity index (χ3v) is 5.51. The van der Waals surface area contributed by atoms with E-state index < -0.39 is 5.82 Å². The Morgan fingerprint density at radius 2 is 1.71 bits per heavy atom. The topological polar surface area (TPSA) is 40.6 Å². The molecular formula is C22H24ClFN2O2. The summed E-state index contributed by atoms with van der Waals surface area (Å²) < 4.78 is 13.9. The predicted molar refractivity (Wildman–Crippen MR) is 108 cm³/mol. The number of carbonyl (C=O) groups excluding carboxylic acids is 2. The largest absolute Gasteiger partial charge is 0.339 e. The van der Waals surface area contributed by atoms with Crippen LogP contribution in [0.25, 0.3) is 0 Å². The Morgan fingerprint density at radius 1 is 1.07 bits per heavy atom. The number of halogens is 2. The predicted octanol–water partition coefficient (Wildman–Crippen LogP) is 4.27. The summed E-state index contributed by atoms with van der Waals surface area (Å²) in [7, 11) is 0. The SMILES string of the molecule is Cc1ccccc1C(C)CC(=O)N1CCN(C(=O)c2cc(Cl)ccc2F)CC1. The van der Waals surface area contributed by atoms with Crippen molar-refractivity contribution in [1.82, 2.24) is 9.80 Å². The van der Waals surface area contributed by atoms with Crippen LogP contribution in [-0.2, 0) is 4.79 Å². The van der Waals surface area contributed by atoms with Gasteiger partial charge in [0.15, 0.2) is 0 Å². The summed E-state index contributed by atoms with van der Waals surface area (Å²) in [5, 5.41) is 0.323. The maximum atomic E-state index is 13.9. The number of rotatable bonds is 4. The number of carbonyl (C=O) groups is 2. The molecule has 2 aromatic rings. The molecule has 148 valence electrons. The number of hydrogen-bond donors (Lipinski definition) is 0. The molecule has 2 amide bonds. The zero-order valence-corrected chi connectivity index (χ0v) is 16.9. The van der Waals surface area contributed by atoms with Gasteiger partial charge in [0.25, 0.3) is 5.91 Å². The standard InChI is InChI=1S/C22H24ClFN2O2/c1-15-5-3-4-6-18(15)16(2)13-21(27)25-9-11-26(12-10-25)22(28)19-14-17(23)7-8-20(19)24/h3-8,14,16H,9-13H2,1-2H3. The molecule has 28 heavy (non-hydrogen) atoms. The van der Waals surface area contributed by atoms with Crippen LogP contribution in [0.1, 0.15) is 40.7 Å². The maximum absolute atomic E-state index is 13.9. The summed E-state index contributed by atoms with van der Waals surface area (Å²) in [6.07, 6.45) is 0.432. The number of amides is 2. The normalized spacial score (nSPS) is 15.4. The molecule has 1 unspecified atom stereocenters. The van der Waals surface area contributed by atoms with Crippen molar-refractivity contribution in [1.29, 1.82) is 0 Å². The highest BCUT2D eigenvalue weighted by Crippen LogP contribution is 2.24. The fourth-order valence-corrected chi connectivity index (χ4v) is 3.80. The molecule has 6 heteroatoms. The van der Waals surface area contributed by atoms with Crippen molar-refractivity contribution in [2.45, 2.75) is 26.2 Å². The smallest absolute Gasteiger partial charge is 0.257 e. The van der Waals surface area contributed by atoms with Crippen molar-refractivity contribution in [3.8, 4) is 0 Å². The summed E-state index contributed by atoms with van der Waals surface area (Å²) >= 11 is 5.88. The molecule has 1 saturated heterocycles. The van der Waals surface area contributed by atoms with E-state index in [1.54, 1.807) is 9.80 Å². The van der Waals surface area contributed by atoms with Crippen LogP contribution in [0, 0.1) is 12.7 Å². The lowest BCUT2D eigenvalue weighted by atomic mass is 9.93. The number of aryl methyl sites for hydroxylation is 1. The number of piperazine rings is 1. The molecule has 4 nitrogen and oxygen atoms in total. The molecule has 3 rings (SSSR count). The quantitative estimate of drug-likeness (QED) is 0.766. The van der Waals surface area contributed by atoms with Crippen LogP contribution in [0.15, 0.2) is 42.5 Å². The molecule has 2 aromatic carbocycles. The van der Waals surface area contributed by atoms with Crippen molar-refractivity contribution < 1.29 is 14.0 Å². The second kappa shape index (κ2) is 8.74. The van der Waals surface area contributed by atoms with Crippen LogP contribution >= 0.6 is 11.6 Å². The van der Waals surface area contributed by atoms with Crippen LogP contribution in [0.3, 0.4) is 0 Å². The van der Waals surface area contributed by atoms with Crippen LogP contribution in [-0.4, -0.2) is 47.8 Å². The second-order valence-corrected chi connectivity index (χ2v) is 7.70. The third kappa shape index (κ3) is 4.53. The zero-order valence-electron chi connectivity index (χ0n) is 16.1. The minimum atomic E-state index is -0.583. The fraction of sp³-hybridized carbons (Fsp3) is 0.364. The van der Waals surface area contributed by atoms with Crippen molar-refractivity contribution in [2.24, 2.45) is 0 Å². The first-order chi connectivity index (χ1) is 13.4. The van der Waals surface area contributed by atoms with Gasteiger partial charge in [0.1, 0.15) is 5.82 Å². The van der Waals surface area contributed by atoms with Gasteiger partial charge in [-0.15, -0.1) is 0 Å². The Hall–Kier alpha value is -2.40. The minimum absolute atomic E-state index is 0.0274. The molecule has 1 atom stereocenters. The zero-order chi connectivity index (χ0) is 20.3. The van der Waals surface area contributed by atoms with E-state index >= 15 is 0 Å². The van der Waals surface area contributed by atoms with Gasteiger partial charge < -0.3 is 9.80 Å². The highest BCUT2D eigenvalue weighted by molar-refractivity contribution is 6.31. The molecule has 0 saturated carbocycles. The Kier molecular flexibility index (Phi) is 6.35. The molecule has 0 aromatic heterocycles. The average Bonchev–Trinajstić information content (AvgIpc) is 2.69. The first kappa shape index (κ1) is 20.3. The van der Waals surface area contributed by atoms with Gasteiger partial charge in [0, 0.05) is 37.6 Å². The van der Waals surface area contributed by atoms with Crippen LogP contribution < -0.4 is 0 Å². The Morgan fingerprint density at radius 3 is 2.39 bits per heavy atom. The lowest BCUT2D eigenvalue weighted by Crippen LogP contribution is -2.50. The first-order valence-corrected chi connectivity index (χ1v) is 9.82. The Balaban J connectivity index is 1.57. The van der Waals surface area contributed by atoms with E-state index in [0.29, 0.717) is 37.6 Å². The van der Waals surface area contributed by atoms with Gasteiger partial charge in [0.2, 0.25) is 5.91 Å². The van der Waals surface area contributed by atoms with Crippen LogP contribution in [0.4, 0.5) is 4.39 Å². The summed E-state index contributed by atoms with van der Waals surface area (Å²) in [4.78, 5) is 28.6. The van der Waals surface area contributed by atoms with Gasteiger partial charge in [0.05, 0.1) is 5.56 Å². The van der Waals surface area contributed by atoms with Crippen molar-refractivity contribution in [3.63, 3.8) is 0 Å². The lowest BCUT2D eigenvalue weighted by Gasteiger charge is -2.35. The summed E-state index contributed by atoms with van der Waals surface area (Å²) in [6.45, 7) is 5.78. The summed E-state index contributed by atoms with van der Waals surface area (Å²) in [6, 6.07) is 12.1. The molecular weight excluding hydrogens is 379 g/mol. The van der Waals surface area contributed by atoms with Gasteiger partial charge >= 0.3 is 0 Å². The fourth-order valence-electron chi connectivity index (χ4n) is 3.63. The minimum Gasteiger partial charge on any atom is -0.339 e. The number of benzene rings is 2. The van der Waals surface area contributed by atoms with E-state index in [2.05, 4.69) is 26.0 Å². The lowest BCUT2D eigenvalue weighted by molar-refractivity contribution is -0.133. The first-order valence-electron chi connectivity index (χ1n) is 9.44. The highest BCUT2D eigenvalue weighted by atomic mass is 35.5. The molecule has 0 N–H and O–H groups in total.